The monoisotopic (exact) mass is 290 g/mol. The second-order valence-electron chi connectivity index (χ2n) is 9.19. The van der Waals surface area contributed by atoms with Gasteiger partial charge >= 0.3 is 0 Å². The van der Waals surface area contributed by atoms with E-state index in [1.807, 2.05) is 0 Å². The molecule has 3 aliphatic rings. The van der Waals surface area contributed by atoms with Gasteiger partial charge in [0.2, 0.25) is 0 Å². The average Bonchev–Trinajstić information content (AvgIpc) is 2.45. The van der Waals surface area contributed by atoms with Crippen molar-refractivity contribution in [1.29, 1.82) is 0 Å². The summed E-state index contributed by atoms with van der Waals surface area (Å²) in [4.78, 5) is 0. The molecule has 0 heterocycles. The van der Waals surface area contributed by atoms with Crippen LogP contribution in [0.5, 0.6) is 0 Å². The molecule has 1 N–H and O–H groups in total. The lowest BCUT2D eigenvalue weighted by molar-refractivity contribution is -0.0570. The van der Waals surface area contributed by atoms with Gasteiger partial charge in [-0.15, -0.1) is 0 Å². The highest BCUT2D eigenvalue weighted by molar-refractivity contribution is 5.23. The first-order valence-electron chi connectivity index (χ1n) is 9.17. The average molecular weight is 290 g/mol. The standard InChI is InChI=1S/C20H34O/c1-5-20(14-21)12-9-16-15(13-20)7-8-17-18(2,3)10-6-11-19(16,17)4/h7,16-17,21H,5-6,8-14H2,1-4H3/t16-,17+,19-,20-/m0/s1. The number of aliphatic hydroxyl groups is 1. The molecule has 21 heavy (non-hydrogen) atoms. The number of hydrogen-bond acceptors (Lipinski definition) is 1. The van der Waals surface area contributed by atoms with E-state index in [0.29, 0.717) is 17.4 Å². The molecule has 1 nitrogen and oxygen atoms in total. The van der Waals surface area contributed by atoms with Crippen LogP contribution < -0.4 is 0 Å². The van der Waals surface area contributed by atoms with Gasteiger partial charge in [-0.25, -0.2) is 0 Å². The zero-order chi connectivity index (χ0) is 15.3. The maximum absolute atomic E-state index is 9.88. The minimum absolute atomic E-state index is 0.190. The zero-order valence-corrected chi connectivity index (χ0v) is 14.5. The van der Waals surface area contributed by atoms with Crippen molar-refractivity contribution in [3.05, 3.63) is 11.6 Å². The fourth-order valence-electron chi connectivity index (χ4n) is 6.24. The van der Waals surface area contributed by atoms with Gasteiger partial charge in [0.1, 0.15) is 0 Å². The molecule has 0 saturated heterocycles. The van der Waals surface area contributed by atoms with E-state index in [-0.39, 0.29) is 5.41 Å². The Morgan fingerprint density at radius 2 is 1.95 bits per heavy atom. The lowest BCUT2D eigenvalue weighted by Crippen LogP contribution is -2.50. The van der Waals surface area contributed by atoms with Gasteiger partial charge in [0, 0.05) is 6.61 Å². The van der Waals surface area contributed by atoms with Crippen molar-refractivity contribution < 1.29 is 5.11 Å². The summed E-state index contributed by atoms with van der Waals surface area (Å²) in [6.07, 6.45) is 12.9. The third kappa shape index (κ3) is 2.31. The number of hydrogen-bond donors (Lipinski definition) is 1. The van der Waals surface area contributed by atoms with E-state index in [2.05, 4.69) is 33.8 Å². The van der Waals surface area contributed by atoms with Crippen LogP contribution in [0, 0.1) is 28.1 Å². The summed E-state index contributed by atoms with van der Waals surface area (Å²) in [7, 11) is 0. The number of rotatable bonds is 2. The molecule has 2 saturated carbocycles. The Morgan fingerprint density at radius 3 is 2.62 bits per heavy atom. The molecule has 0 aliphatic heterocycles. The maximum atomic E-state index is 9.88. The van der Waals surface area contributed by atoms with Gasteiger partial charge in [-0.05, 0) is 73.0 Å². The van der Waals surface area contributed by atoms with Gasteiger partial charge in [0.15, 0.2) is 0 Å². The Morgan fingerprint density at radius 1 is 1.19 bits per heavy atom. The van der Waals surface area contributed by atoms with Gasteiger partial charge in [-0.1, -0.05) is 45.8 Å². The minimum Gasteiger partial charge on any atom is -0.396 e. The van der Waals surface area contributed by atoms with Crippen molar-refractivity contribution in [3.8, 4) is 0 Å². The van der Waals surface area contributed by atoms with Crippen LogP contribution in [-0.4, -0.2) is 11.7 Å². The van der Waals surface area contributed by atoms with E-state index in [1.165, 1.54) is 38.5 Å². The topological polar surface area (TPSA) is 20.2 Å². The maximum Gasteiger partial charge on any atom is 0.0490 e. The molecular weight excluding hydrogens is 256 g/mol. The predicted octanol–water partition coefficient (Wildman–Crippen LogP) is 5.34. The van der Waals surface area contributed by atoms with E-state index in [4.69, 9.17) is 0 Å². The smallest absolute Gasteiger partial charge is 0.0490 e. The Labute approximate surface area is 131 Å². The van der Waals surface area contributed by atoms with E-state index >= 15 is 0 Å². The van der Waals surface area contributed by atoms with Gasteiger partial charge in [-0.2, -0.15) is 0 Å². The third-order valence-corrected chi connectivity index (χ3v) is 7.76. The van der Waals surface area contributed by atoms with Gasteiger partial charge in [0.05, 0.1) is 0 Å². The van der Waals surface area contributed by atoms with Crippen LogP contribution in [0.2, 0.25) is 0 Å². The predicted molar refractivity (Wildman–Crippen MR) is 89.1 cm³/mol. The van der Waals surface area contributed by atoms with Crippen LogP contribution in [-0.2, 0) is 0 Å². The van der Waals surface area contributed by atoms with Gasteiger partial charge in [0.25, 0.3) is 0 Å². The molecule has 4 atom stereocenters. The number of aliphatic hydroxyl groups excluding tert-OH is 1. The van der Waals surface area contributed by atoms with Crippen LogP contribution in [0.15, 0.2) is 11.6 Å². The lowest BCUT2D eigenvalue weighted by Gasteiger charge is -2.59. The highest BCUT2D eigenvalue weighted by Crippen LogP contribution is 2.63. The Hall–Kier alpha value is -0.300. The van der Waals surface area contributed by atoms with Crippen LogP contribution in [0.25, 0.3) is 0 Å². The molecule has 3 aliphatic carbocycles. The Bertz CT molecular complexity index is 429. The van der Waals surface area contributed by atoms with E-state index in [0.717, 1.165) is 24.7 Å². The zero-order valence-electron chi connectivity index (χ0n) is 14.5. The van der Waals surface area contributed by atoms with Gasteiger partial charge in [-0.3, -0.25) is 0 Å². The molecule has 3 rings (SSSR count). The molecule has 120 valence electrons. The fraction of sp³-hybridized carbons (Fsp3) is 0.900. The van der Waals surface area contributed by atoms with Crippen molar-refractivity contribution in [2.45, 2.75) is 79.1 Å². The molecule has 0 radical (unpaired) electrons. The highest BCUT2D eigenvalue weighted by atomic mass is 16.3. The first kappa shape index (κ1) is 15.6. The van der Waals surface area contributed by atoms with E-state index in [1.54, 1.807) is 5.57 Å². The van der Waals surface area contributed by atoms with Crippen molar-refractivity contribution in [2.24, 2.45) is 28.1 Å². The molecule has 0 aromatic rings. The van der Waals surface area contributed by atoms with Crippen LogP contribution in [0.1, 0.15) is 79.1 Å². The summed E-state index contributed by atoms with van der Waals surface area (Å²) in [5, 5.41) is 9.88. The molecular formula is C20H34O. The van der Waals surface area contributed by atoms with Crippen molar-refractivity contribution in [1.82, 2.24) is 0 Å². The summed E-state index contributed by atoms with van der Waals surface area (Å²) >= 11 is 0. The normalized spacial score (nSPS) is 45.5. The summed E-state index contributed by atoms with van der Waals surface area (Å²) in [5.41, 5.74) is 2.91. The minimum atomic E-state index is 0.190. The second kappa shape index (κ2) is 5.11. The van der Waals surface area contributed by atoms with Gasteiger partial charge < -0.3 is 5.11 Å². The SMILES string of the molecule is CC[C@]1(CO)CC[C@H]2C(=CC[C@@H]3C(C)(C)CCC[C@]32C)C1. The van der Waals surface area contributed by atoms with Crippen molar-refractivity contribution in [3.63, 3.8) is 0 Å². The molecule has 1 heteroatoms. The highest BCUT2D eigenvalue weighted by Gasteiger charge is 2.54. The largest absolute Gasteiger partial charge is 0.396 e. The first-order chi connectivity index (χ1) is 9.87. The summed E-state index contributed by atoms with van der Waals surface area (Å²) < 4.78 is 0. The molecule has 0 unspecified atom stereocenters. The fourth-order valence-corrected chi connectivity index (χ4v) is 6.24. The molecule has 0 bridgehead atoms. The number of fused-ring (bicyclic) bond motifs is 3. The molecule has 0 spiro atoms. The Balaban J connectivity index is 1.91. The molecule has 0 aromatic heterocycles. The van der Waals surface area contributed by atoms with Crippen LogP contribution in [0.4, 0.5) is 0 Å². The molecule has 2 fully saturated rings. The van der Waals surface area contributed by atoms with E-state index in [9.17, 15) is 5.11 Å². The molecule has 0 amide bonds. The summed E-state index contributed by atoms with van der Waals surface area (Å²) in [6.45, 7) is 10.2. The van der Waals surface area contributed by atoms with Crippen LogP contribution in [0.3, 0.4) is 0 Å². The second-order valence-corrected chi connectivity index (χ2v) is 9.19. The number of allylic oxidation sites excluding steroid dienone is 2. The van der Waals surface area contributed by atoms with E-state index < -0.39 is 0 Å². The van der Waals surface area contributed by atoms with Crippen molar-refractivity contribution in [2.75, 3.05) is 6.61 Å². The third-order valence-electron chi connectivity index (χ3n) is 7.76. The molecule has 0 aromatic carbocycles. The summed E-state index contributed by atoms with van der Waals surface area (Å²) in [5.74, 6) is 1.65. The first-order valence-corrected chi connectivity index (χ1v) is 9.17. The quantitative estimate of drug-likeness (QED) is 0.681. The van der Waals surface area contributed by atoms with Crippen molar-refractivity contribution >= 4 is 0 Å². The Kier molecular flexibility index (Phi) is 3.80. The van der Waals surface area contributed by atoms with Crippen LogP contribution >= 0.6 is 0 Å². The summed E-state index contributed by atoms with van der Waals surface area (Å²) in [6, 6.07) is 0. The lowest BCUT2D eigenvalue weighted by atomic mass is 9.46.